The maximum absolute atomic E-state index is 12.6. The molecule has 2 amide bonds. The number of anilines is 2. The summed E-state index contributed by atoms with van der Waals surface area (Å²) in [4.78, 5) is 29.0. The van der Waals surface area contributed by atoms with E-state index in [4.69, 9.17) is 0 Å². The number of carbonyl (C=O) groups excluding carboxylic acids is 2. The van der Waals surface area contributed by atoms with Gasteiger partial charge >= 0.3 is 0 Å². The molecule has 5 heteroatoms. The van der Waals surface area contributed by atoms with Crippen molar-refractivity contribution < 1.29 is 9.59 Å². The maximum Gasteiger partial charge on any atom is 0.228 e. The van der Waals surface area contributed by atoms with E-state index in [-0.39, 0.29) is 17.7 Å². The molecule has 160 valence electrons. The smallest absolute Gasteiger partial charge is 0.228 e. The summed E-state index contributed by atoms with van der Waals surface area (Å²) in [6, 6.07) is 22.2. The Bertz CT molecular complexity index is 1060. The standard InChI is InChI=1S/C26H29N3O2/c1-19(2)26(31)29-16-14-28(15-17-29)23-12-10-22(11-13-23)27-25(30)18-21-8-5-7-20-6-3-4-9-24(20)21/h3-13,19H,14-18H2,1-2H3,(H,27,30). The van der Waals surface area contributed by atoms with E-state index >= 15 is 0 Å². The van der Waals surface area contributed by atoms with E-state index in [9.17, 15) is 9.59 Å². The first kappa shape index (κ1) is 20.9. The van der Waals surface area contributed by atoms with Gasteiger partial charge in [0.25, 0.3) is 0 Å². The van der Waals surface area contributed by atoms with E-state index in [2.05, 4.69) is 28.4 Å². The predicted octanol–water partition coefficient (Wildman–Crippen LogP) is 4.33. The molecule has 0 saturated carbocycles. The van der Waals surface area contributed by atoms with Crippen molar-refractivity contribution >= 4 is 34.0 Å². The van der Waals surface area contributed by atoms with Gasteiger partial charge < -0.3 is 15.1 Å². The van der Waals surface area contributed by atoms with Crippen molar-refractivity contribution in [1.29, 1.82) is 0 Å². The van der Waals surface area contributed by atoms with E-state index in [1.165, 1.54) is 0 Å². The summed E-state index contributed by atoms with van der Waals surface area (Å²) in [5, 5.41) is 5.27. The Morgan fingerprint density at radius 2 is 1.55 bits per heavy atom. The van der Waals surface area contributed by atoms with Crippen molar-refractivity contribution in [3.05, 3.63) is 72.3 Å². The minimum absolute atomic E-state index is 0.0232. The third kappa shape index (κ3) is 4.88. The van der Waals surface area contributed by atoms with Crippen LogP contribution in [0.25, 0.3) is 10.8 Å². The number of nitrogens with zero attached hydrogens (tertiary/aromatic N) is 2. The highest BCUT2D eigenvalue weighted by atomic mass is 16.2. The van der Waals surface area contributed by atoms with Crippen LogP contribution in [0.15, 0.2) is 66.7 Å². The number of fused-ring (bicyclic) bond motifs is 1. The van der Waals surface area contributed by atoms with Gasteiger partial charge in [-0.25, -0.2) is 0 Å². The van der Waals surface area contributed by atoms with Gasteiger partial charge in [-0.3, -0.25) is 9.59 Å². The molecule has 0 unspecified atom stereocenters. The Morgan fingerprint density at radius 1 is 0.871 bits per heavy atom. The minimum atomic E-state index is -0.0232. The second-order valence-corrected chi connectivity index (χ2v) is 8.38. The van der Waals surface area contributed by atoms with E-state index in [0.717, 1.165) is 53.9 Å². The first-order valence-corrected chi connectivity index (χ1v) is 10.9. The van der Waals surface area contributed by atoms with Crippen LogP contribution >= 0.6 is 0 Å². The zero-order chi connectivity index (χ0) is 21.8. The third-order valence-corrected chi connectivity index (χ3v) is 5.83. The van der Waals surface area contributed by atoms with E-state index in [1.54, 1.807) is 0 Å². The summed E-state index contributed by atoms with van der Waals surface area (Å²) in [7, 11) is 0. The molecule has 1 aliphatic heterocycles. The van der Waals surface area contributed by atoms with Crippen LogP contribution in [0.1, 0.15) is 19.4 Å². The van der Waals surface area contributed by atoms with Gasteiger partial charge in [-0.15, -0.1) is 0 Å². The van der Waals surface area contributed by atoms with Crippen molar-refractivity contribution in [3.63, 3.8) is 0 Å². The fraction of sp³-hybridized carbons (Fsp3) is 0.308. The largest absolute Gasteiger partial charge is 0.368 e. The lowest BCUT2D eigenvalue weighted by Crippen LogP contribution is -2.49. The van der Waals surface area contributed by atoms with Gasteiger partial charge in [-0.05, 0) is 40.6 Å². The number of piperazine rings is 1. The topological polar surface area (TPSA) is 52.7 Å². The van der Waals surface area contributed by atoms with Crippen LogP contribution in [0.5, 0.6) is 0 Å². The van der Waals surface area contributed by atoms with E-state index in [0.29, 0.717) is 6.42 Å². The van der Waals surface area contributed by atoms with Crippen molar-refractivity contribution in [1.82, 2.24) is 4.90 Å². The Labute approximate surface area is 183 Å². The van der Waals surface area contributed by atoms with Crippen LogP contribution in [-0.2, 0) is 16.0 Å². The molecule has 1 heterocycles. The molecule has 1 fully saturated rings. The monoisotopic (exact) mass is 415 g/mol. The molecule has 0 spiro atoms. The molecule has 3 aromatic rings. The molecule has 0 radical (unpaired) electrons. The highest BCUT2D eigenvalue weighted by Gasteiger charge is 2.22. The molecule has 1 saturated heterocycles. The lowest BCUT2D eigenvalue weighted by atomic mass is 10.0. The normalized spacial score (nSPS) is 14.2. The molecule has 31 heavy (non-hydrogen) atoms. The first-order chi connectivity index (χ1) is 15.0. The second-order valence-electron chi connectivity index (χ2n) is 8.38. The van der Waals surface area contributed by atoms with Crippen LogP contribution in [0.4, 0.5) is 11.4 Å². The average Bonchev–Trinajstić information content (AvgIpc) is 2.79. The van der Waals surface area contributed by atoms with Crippen LogP contribution < -0.4 is 10.2 Å². The molecule has 1 aliphatic rings. The van der Waals surface area contributed by atoms with Gasteiger partial charge in [0.05, 0.1) is 6.42 Å². The van der Waals surface area contributed by atoms with Gasteiger partial charge in [0.15, 0.2) is 0 Å². The van der Waals surface area contributed by atoms with Crippen molar-refractivity contribution in [3.8, 4) is 0 Å². The van der Waals surface area contributed by atoms with E-state index < -0.39 is 0 Å². The minimum Gasteiger partial charge on any atom is -0.368 e. The zero-order valence-electron chi connectivity index (χ0n) is 18.2. The van der Waals surface area contributed by atoms with Crippen molar-refractivity contribution in [2.75, 3.05) is 36.4 Å². The molecular formula is C26H29N3O2. The molecule has 0 aliphatic carbocycles. The first-order valence-electron chi connectivity index (χ1n) is 10.9. The highest BCUT2D eigenvalue weighted by Crippen LogP contribution is 2.22. The third-order valence-electron chi connectivity index (χ3n) is 5.83. The van der Waals surface area contributed by atoms with Crippen molar-refractivity contribution in [2.24, 2.45) is 5.92 Å². The number of hydrogen-bond donors (Lipinski definition) is 1. The molecule has 5 nitrogen and oxygen atoms in total. The SMILES string of the molecule is CC(C)C(=O)N1CCN(c2ccc(NC(=O)Cc3cccc4ccccc34)cc2)CC1. The lowest BCUT2D eigenvalue weighted by molar-refractivity contribution is -0.134. The van der Waals surface area contributed by atoms with Crippen LogP contribution in [0.2, 0.25) is 0 Å². The molecule has 3 aromatic carbocycles. The average molecular weight is 416 g/mol. The zero-order valence-corrected chi connectivity index (χ0v) is 18.2. The number of benzene rings is 3. The number of hydrogen-bond acceptors (Lipinski definition) is 3. The summed E-state index contributed by atoms with van der Waals surface area (Å²) in [5.41, 5.74) is 2.94. The maximum atomic E-state index is 12.6. The summed E-state index contributed by atoms with van der Waals surface area (Å²) in [5.74, 6) is 0.247. The van der Waals surface area contributed by atoms with Gasteiger partial charge in [-0.2, -0.15) is 0 Å². The molecule has 0 aromatic heterocycles. The lowest BCUT2D eigenvalue weighted by Gasteiger charge is -2.37. The molecular weight excluding hydrogens is 386 g/mol. The number of nitrogens with one attached hydrogen (secondary N) is 1. The Kier molecular flexibility index (Phi) is 6.21. The molecule has 4 rings (SSSR count). The number of carbonyl (C=O) groups is 2. The fourth-order valence-corrected chi connectivity index (χ4v) is 4.13. The number of rotatable bonds is 5. The molecule has 0 bridgehead atoms. The molecule has 1 N–H and O–H groups in total. The van der Waals surface area contributed by atoms with Gasteiger partial charge in [0.1, 0.15) is 0 Å². The molecule has 0 atom stereocenters. The fourth-order valence-electron chi connectivity index (χ4n) is 4.13. The van der Waals surface area contributed by atoms with Gasteiger partial charge in [-0.1, -0.05) is 56.3 Å². The Morgan fingerprint density at radius 3 is 2.26 bits per heavy atom. The summed E-state index contributed by atoms with van der Waals surface area (Å²) in [6.07, 6.45) is 0.342. The second kappa shape index (κ2) is 9.21. The highest BCUT2D eigenvalue weighted by molar-refractivity contribution is 5.96. The quantitative estimate of drug-likeness (QED) is 0.675. The van der Waals surface area contributed by atoms with Crippen LogP contribution in [0, 0.1) is 5.92 Å². The number of amides is 2. The van der Waals surface area contributed by atoms with Gasteiger partial charge in [0.2, 0.25) is 11.8 Å². The Balaban J connectivity index is 1.34. The van der Waals surface area contributed by atoms with Gasteiger partial charge in [0, 0.05) is 43.5 Å². The van der Waals surface area contributed by atoms with E-state index in [1.807, 2.05) is 67.3 Å². The predicted molar refractivity (Wildman–Crippen MR) is 126 cm³/mol. The van der Waals surface area contributed by atoms with Crippen LogP contribution in [0.3, 0.4) is 0 Å². The summed E-state index contributed by atoms with van der Waals surface area (Å²) >= 11 is 0. The summed E-state index contributed by atoms with van der Waals surface area (Å²) in [6.45, 7) is 7.04. The van der Waals surface area contributed by atoms with Crippen molar-refractivity contribution in [2.45, 2.75) is 20.3 Å². The Hall–Kier alpha value is -3.34. The van der Waals surface area contributed by atoms with Crippen LogP contribution in [-0.4, -0.2) is 42.9 Å². The summed E-state index contributed by atoms with van der Waals surface area (Å²) < 4.78 is 0.